The molecule has 122 valence electrons. The number of nitrogens with zero attached hydrogens (tertiary/aromatic N) is 2. The van der Waals surface area contributed by atoms with Crippen molar-refractivity contribution in [2.45, 2.75) is 0 Å². The Kier molecular flexibility index (Phi) is 4.91. The van der Waals surface area contributed by atoms with E-state index >= 15 is 0 Å². The van der Waals surface area contributed by atoms with Crippen LogP contribution in [0.25, 0.3) is 6.08 Å². The fourth-order valence-electron chi connectivity index (χ4n) is 2.11. The van der Waals surface area contributed by atoms with E-state index in [9.17, 15) is 9.59 Å². The molecule has 0 spiro atoms. The summed E-state index contributed by atoms with van der Waals surface area (Å²) in [4.78, 5) is 27.1. The zero-order chi connectivity index (χ0) is 17.3. The summed E-state index contributed by atoms with van der Waals surface area (Å²) in [6, 6.07) is 3.16. The van der Waals surface area contributed by atoms with Gasteiger partial charge in [-0.25, -0.2) is 0 Å². The molecule has 1 heterocycles. The maximum atomic E-state index is 12.3. The maximum Gasteiger partial charge on any atom is 0.265 e. The van der Waals surface area contributed by atoms with Gasteiger partial charge >= 0.3 is 0 Å². The Morgan fingerprint density at radius 3 is 2.00 bits per heavy atom. The number of likely N-dealkylation sites (N-methyl/N-ethyl adjacent to an activating group) is 2. The average Bonchev–Trinajstić information content (AvgIpc) is 2.55. The van der Waals surface area contributed by atoms with Gasteiger partial charge in [0.1, 0.15) is 5.57 Å². The highest BCUT2D eigenvalue weighted by atomic mass is 35.5. The van der Waals surface area contributed by atoms with Crippen molar-refractivity contribution in [3.63, 3.8) is 0 Å². The van der Waals surface area contributed by atoms with E-state index < -0.39 is 11.8 Å². The predicted octanol–water partition coefficient (Wildman–Crippen LogP) is 1.96. The molecule has 8 heteroatoms. The van der Waals surface area contributed by atoms with E-state index in [0.29, 0.717) is 22.1 Å². The molecule has 1 aromatic rings. The van der Waals surface area contributed by atoms with Crippen LogP contribution >= 0.6 is 23.8 Å². The minimum atomic E-state index is -0.482. The van der Waals surface area contributed by atoms with Gasteiger partial charge in [0, 0.05) is 20.2 Å². The minimum absolute atomic E-state index is 0.0299. The van der Waals surface area contributed by atoms with E-state index in [1.165, 1.54) is 44.2 Å². The molecular formula is C15H15ClN2O4S. The largest absolute Gasteiger partial charge is 0.493 e. The smallest absolute Gasteiger partial charge is 0.265 e. The number of rotatable bonds is 3. The van der Waals surface area contributed by atoms with Gasteiger partial charge in [-0.3, -0.25) is 19.4 Å². The number of thiocarbonyl (C=S) groups is 1. The molecule has 0 N–H and O–H groups in total. The Labute approximate surface area is 144 Å². The van der Waals surface area contributed by atoms with E-state index in [0.717, 1.165) is 0 Å². The van der Waals surface area contributed by atoms with Crippen LogP contribution in [0.1, 0.15) is 5.56 Å². The number of hydrogen-bond donors (Lipinski definition) is 0. The molecule has 1 aromatic carbocycles. The Bertz CT molecular complexity index is 706. The lowest BCUT2D eigenvalue weighted by atomic mass is 10.1. The average molecular weight is 355 g/mol. The molecule has 2 rings (SSSR count). The van der Waals surface area contributed by atoms with Gasteiger partial charge in [-0.1, -0.05) is 11.6 Å². The van der Waals surface area contributed by atoms with Crippen LogP contribution in [-0.4, -0.2) is 55.0 Å². The van der Waals surface area contributed by atoms with Crippen LogP contribution < -0.4 is 9.47 Å². The van der Waals surface area contributed by atoms with Gasteiger partial charge < -0.3 is 9.47 Å². The zero-order valence-corrected chi connectivity index (χ0v) is 14.6. The molecule has 1 saturated heterocycles. The van der Waals surface area contributed by atoms with Gasteiger partial charge in [-0.15, -0.1) is 0 Å². The fraction of sp³-hybridized carbons (Fsp3) is 0.267. The number of hydrogen-bond acceptors (Lipinski definition) is 5. The standard InChI is InChI=1S/C15H15ClN2O4S/c1-17-13(19)9(14(20)18(2)15(17)23)5-8-6-11(21-3)12(22-4)7-10(8)16/h5-7H,1-4H3. The van der Waals surface area contributed by atoms with Crippen molar-refractivity contribution in [2.75, 3.05) is 28.3 Å². The summed E-state index contributed by atoms with van der Waals surface area (Å²) in [6.07, 6.45) is 1.42. The number of halogens is 1. The normalized spacial score (nSPS) is 15.2. The molecular weight excluding hydrogens is 340 g/mol. The van der Waals surface area contributed by atoms with Gasteiger partial charge in [-0.2, -0.15) is 0 Å². The monoisotopic (exact) mass is 354 g/mol. The third-order valence-electron chi connectivity index (χ3n) is 3.45. The highest BCUT2D eigenvalue weighted by Gasteiger charge is 2.35. The van der Waals surface area contributed by atoms with Gasteiger partial charge in [0.15, 0.2) is 16.6 Å². The van der Waals surface area contributed by atoms with Crippen molar-refractivity contribution in [1.29, 1.82) is 0 Å². The van der Waals surface area contributed by atoms with Crippen LogP contribution in [0.5, 0.6) is 11.5 Å². The Morgan fingerprint density at radius 1 is 1.04 bits per heavy atom. The summed E-state index contributed by atoms with van der Waals surface area (Å²) in [5.74, 6) is -0.0686. The molecule has 0 saturated carbocycles. The molecule has 0 radical (unpaired) electrons. The number of amides is 2. The van der Waals surface area contributed by atoms with Crippen LogP contribution in [-0.2, 0) is 9.59 Å². The zero-order valence-electron chi connectivity index (χ0n) is 13.0. The molecule has 2 amide bonds. The lowest BCUT2D eigenvalue weighted by molar-refractivity contribution is -0.132. The van der Waals surface area contributed by atoms with Crippen molar-refractivity contribution in [2.24, 2.45) is 0 Å². The van der Waals surface area contributed by atoms with Crippen LogP contribution in [0.15, 0.2) is 17.7 Å². The van der Waals surface area contributed by atoms with Crippen molar-refractivity contribution in [3.8, 4) is 11.5 Å². The summed E-state index contributed by atoms with van der Waals surface area (Å²) in [5.41, 5.74) is 0.438. The number of carbonyl (C=O) groups is 2. The van der Waals surface area contributed by atoms with Crippen molar-refractivity contribution in [1.82, 2.24) is 9.80 Å². The second-order valence-electron chi connectivity index (χ2n) is 4.80. The lowest BCUT2D eigenvalue weighted by Crippen LogP contribution is -2.52. The van der Waals surface area contributed by atoms with Crippen LogP contribution in [0, 0.1) is 0 Å². The summed E-state index contributed by atoms with van der Waals surface area (Å²) in [6.45, 7) is 0. The topological polar surface area (TPSA) is 59.1 Å². The molecule has 0 aromatic heterocycles. The summed E-state index contributed by atoms with van der Waals surface area (Å²) in [7, 11) is 6.00. The molecule has 0 bridgehead atoms. The Hall–Kier alpha value is -2.12. The fourth-order valence-corrected chi connectivity index (χ4v) is 2.49. The lowest BCUT2D eigenvalue weighted by Gasteiger charge is -2.31. The highest BCUT2D eigenvalue weighted by Crippen LogP contribution is 2.34. The van der Waals surface area contributed by atoms with Crippen LogP contribution in [0.4, 0.5) is 0 Å². The molecule has 6 nitrogen and oxygen atoms in total. The second kappa shape index (κ2) is 6.55. The van der Waals surface area contributed by atoms with Gasteiger partial charge in [0.25, 0.3) is 11.8 Å². The van der Waals surface area contributed by atoms with Crippen molar-refractivity contribution < 1.29 is 19.1 Å². The minimum Gasteiger partial charge on any atom is -0.493 e. The number of methoxy groups -OCH3 is 2. The van der Waals surface area contributed by atoms with Crippen LogP contribution in [0.2, 0.25) is 5.02 Å². The summed E-state index contributed by atoms with van der Waals surface area (Å²) >= 11 is 11.2. The first-order valence-electron chi connectivity index (χ1n) is 6.55. The maximum absolute atomic E-state index is 12.3. The van der Waals surface area contributed by atoms with Gasteiger partial charge in [-0.05, 0) is 29.9 Å². The number of benzene rings is 1. The molecule has 0 atom stereocenters. The van der Waals surface area contributed by atoms with E-state index in [-0.39, 0.29) is 10.7 Å². The third-order valence-corrected chi connectivity index (χ3v) is 4.32. The molecule has 1 aliphatic rings. The molecule has 1 fully saturated rings. The summed E-state index contributed by atoms with van der Waals surface area (Å²) < 4.78 is 10.4. The number of carbonyl (C=O) groups excluding carboxylic acids is 2. The predicted molar refractivity (Wildman–Crippen MR) is 90.7 cm³/mol. The SMILES string of the molecule is COc1cc(Cl)c(C=C2C(=O)N(C)C(=S)N(C)C2=O)cc1OC. The quantitative estimate of drug-likeness (QED) is 0.472. The Morgan fingerprint density at radius 2 is 1.52 bits per heavy atom. The second-order valence-corrected chi connectivity index (χ2v) is 5.57. The van der Waals surface area contributed by atoms with E-state index in [4.69, 9.17) is 33.3 Å². The Balaban J connectivity index is 2.54. The third kappa shape index (κ3) is 3.02. The van der Waals surface area contributed by atoms with Crippen molar-refractivity contribution in [3.05, 3.63) is 28.3 Å². The first kappa shape index (κ1) is 17.2. The van der Waals surface area contributed by atoms with Gasteiger partial charge in [0.2, 0.25) is 0 Å². The first-order chi connectivity index (χ1) is 10.8. The molecule has 23 heavy (non-hydrogen) atoms. The first-order valence-corrected chi connectivity index (χ1v) is 7.33. The number of ether oxygens (including phenoxy) is 2. The van der Waals surface area contributed by atoms with Crippen LogP contribution in [0.3, 0.4) is 0 Å². The molecule has 1 aliphatic heterocycles. The highest BCUT2D eigenvalue weighted by molar-refractivity contribution is 7.80. The molecule has 0 unspecified atom stereocenters. The van der Waals surface area contributed by atoms with Crippen molar-refractivity contribution >= 4 is 46.8 Å². The van der Waals surface area contributed by atoms with Gasteiger partial charge in [0.05, 0.1) is 19.2 Å². The summed E-state index contributed by atoms with van der Waals surface area (Å²) in [5, 5.41) is 0.477. The molecule has 0 aliphatic carbocycles. The van der Waals surface area contributed by atoms with E-state index in [2.05, 4.69) is 0 Å². The van der Waals surface area contributed by atoms with E-state index in [1.54, 1.807) is 12.1 Å². The van der Waals surface area contributed by atoms with E-state index in [1.807, 2.05) is 0 Å².